The molecule has 23 heavy (non-hydrogen) atoms. The minimum Gasteiger partial charge on any atom is -0.356 e. The van der Waals surface area contributed by atoms with Crippen molar-refractivity contribution in [3.05, 3.63) is 35.6 Å². The molecule has 1 heterocycles. The molecular formula is C17H25FN4O. The monoisotopic (exact) mass is 320 g/mol. The van der Waals surface area contributed by atoms with E-state index in [0.29, 0.717) is 13.0 Å². The van der Waals surface area contributed by atoms with Gasteiger partial charge in [-0.05, 0) is 30.5 Å². The standard InChI is InChI=1S/C17H25FN4O/c1-3-16(23)22-10-8-15(12-22)21-17(19-2)20-9-7-13-5-4-6-14(18)11-13/h4-6,11,15H,3,7-10,12H2,1-2H3,(H2,19,20,21). The molecule has 0 spiro atoms. The van der Waals surface area contributed by atoms with E-state index in [2.05, 4.69) is 15.6 Å². The lowest BCUT2D eigenvalue weighted by atomic mass is 10.1. The van der Waals surface area contributed by atoms with Crippen LogP contribution in [0, 0.1) is 5.82 Å². The molecule has 0 aromatic heterocycles. The molecule has 2 N–H and O–H groups in total. The second-order valence-corrected chi connectivity index (χ2v) is 5.70. The Morgan fingerprint density at radius 3 is 3.00 bits per heavy atom. The van der Waals surface area contributed by atoms with Crippen LogP contribution in [0.4, 0.5) is 4.39 Å². The molecule has 0 bridgehead atoms. The van der Waals surface area contributed by atoms with E-state index in [4.69, 9.17) is 0 Å². The first-order chi connectivity index (χ1) is 11.1. The molecule has 1 aliphatic heterocycles. The molecule has 1 unspecified atom stereocenters. The number of aliphatic imine (C=N–C) groups is 1. The number of amides is 1. The summed E-state index contributed by atoms with van der Waals surface area (Å²) in [5, 5.41) is 6.58. The third kappa shape index (κ3) is 5.23. The number of nitrogens with one attached hydrogen (secondary N) is 2. The van der Waals surface area contributed by atoms with Crippen LogP contribution in [0.2, 0.25) is 0 Å². The van der Waals surface area contributed by atoms with Crippen LogP contribution in [0.25, 0.3) is 0 Å². The summed E-state index contributed by atoms with van der Waals surface area (Å²) >= 11 is 0. The zero-order valence-corrected chi connectivity index (χ0v) is 13.8. The zero-order chi connectivity index (χ0) is 16.7. The molecule has 1 aromatic rings. The van der Waals surface area contributed by atoms with Gasteiger partial charge in [0, 0.05) is 39.1 Å². The van der Waals surface area contributed by atoms with Crippen molar-refractivity contribution in [1.82, 2.24) is 15.5 Å². The third-order valence-electron chi connectivity index (χ3n) is 4.00. The van der Waals surface area contributed by atoms with Crippen LogP contribution >= 0.6 is 0 Å². The summed E-state index contributed by atoms with van der Waals surface area (Å²) in [4.78, 5) is 17.8. The van der Waals surface area contributed by atoms with Crippen molar-refractivity contribution in [2.45, 2.75) is 32.2 Å². The summed E-state index contributed by atoms with van der Waals surface area (Å²) < 4.78 is 13.1. The van der Waals surface area contributed by atoms with Gasteiger partial charge in [0.05, 0.1) is 0 Å². The zero-order valence-electron chi connectivity index (χ0n) is 13.8. The predicted octanol–water partition coefficient (Wildman–Crippen LogP) is 1.54. The van der Waals surface area contributed by atoms with Crippen LogP contribution < -0.4 is 10.6 Å². The van der Waals surface area contributed by atoms with Crippen LogP contribution in [0.5, 0.6) is 0 Å². The minimum absolute atomic E-state index is 0.198. The van der Waals surface area contributed by atoms with Crippen molar-refractivity contribution in [3.8, 4) is 0 Å². The summed E-state index contributed by atoms with van der Waals surface area (Å²) in [6, 6.07) is 6.84. The highest BCUT2D eigenvalue weighted by Crippen LogP contribution is 2.10. The van der Waals surface area contributed by atoms with Crippen LogP contribution in [0.3, 0.4) is 0 Å². The molecule has 1 saturated heterocycles. The summed E-state index contributed by atoms with van der Waals surface area (Å²) in [6.45, 7) is 4.07. The molecule has 5 nitrogen and oxygen atoms in total. The van der Waals surface area contributed by atoms with Crippen molar-refractivity contribution in [2.24, 2.45) is 4.99 Å². The smallest absolute Gasteiger partial charge is 0.222 e. The summed E-state index contributed by atoms with van der Waals surface area (Å²) in [7, 11) is 1.72. The first kappa shape index (κ1) is 17.2. The number of halogens is 1. The third-order valence-corrected chi connectivity index (χ3v) is 4.00. The lowest BCUT2D eigenvalue weighted by Crippen LogP contribution is -2.45. The molecule has 1 aliphatic rings. The molecule has 1 amide bonds. The van der Waals surface area contributed by atoms with Crippen LogP contribution in [0.1, 0.15) is 25.3 Å². The summed E-state index contributed by atoms with van der Waals surface area (Å²) in [5.74, 6) is 0.706. The first-order valence-corrected chi connectivity index (χ1v) is 8.11. The molecule has 0 radical (unpaired) electrons. The highest BCUT2D eigenvalue weighted by Gasteiger charge is 2.25. The maximum Gasteiger partial charge on any atom is 0.222 e. The number of carbonyl (C=O) groups is 1. The van der Waals surface area contributed by atoms with Crippen LogP contribution in [-0.4, -0.2) is 49.5 Å². The Labute approximate surface area is 137 Å². The van der Waals surface area contributed by atoms with E-state index in [1.54, 1.807) is 19.2 Å². The molecule has 1 atom stereocenters. The van der Waals surface area contributed by atoms with Gasteiger partial charge in [-0.2, -0.15) is 0 Å². The highest BCUT2D eigenvalue weighted by atomic mass is 19.1. The Hall–Kier alpha value is -2.11. The Bertz CT molecular complexity index is 561. The van der Waals surface area contributed by atoms with Gasteiger partial charge < -0.3 is 15.5 Å². The van der Waals surface area contributed by atoms with Crippen molar-refractivity contribution in [2.75, 3.05) is 26.7 Å². The fourth-order valence-corrected chi connectivity index (χ4v) is 2.73. The normalized spacial score (nSPS) is 18.1. The van der Waals surface area contributed by atoms with Gasteiger partial charge in [0.15, 0.2) is 5.96 Å². The van der Waals surface area contributed by atoms with E-state index in [0.717, 1.165) is 37.5 Å². The number of nitrogens with zero attached hydrogens (tertiary/aromatic N) is 2. The van der Waals surface area contributed by atoms with Crippen molar-refractivity contribution in [3.63, 3.8) is 0 Å². The molecule has 2 rings (SSSR count). The second-order valence-electron chi connectivity index (χ2n) is 5.70. The number of guanidine groups is 1. The highest BCUT2D eigenvalue weighted by molar-refractivity contribution is 5.80. The number of likely N-dealkylation sites (tertiary alicyclic amines) is 1. The number of hydrogen-bond donors (Lipinski definition) is 2. The van der Waals surface area contributed by atoms with E-state index in [9.17, 15) is 9.18 Å². The second kappa shape index (κ2) is 8.50. The van der Waals surface area contributed by atoms with E-state index in [1.807, 2.05) is 17.9 Å². The fraction of sp³-hybridized carbons (Fsp3) is 0.529. The Morgan fingerprint density at radius 1 is 1.48 bits per heavy atom. The van der Waals surface area contributed by atoms with Gasteiger partial charge in [0.2, 0.25) is 5.91 Å². The largest absolute Gasteiger partial charge is 0.356 e. The van der Waals surface area contributed by atoms with E-state index < -0.39 is 0 Å². The van der Waals surface area contributed by atoms with Crippen LogP contribution in [0.15, 0.2) is 29.3 Å². The Kier molecular flexibility index (Phi) is 6.38. The number of carbonyl (C=O) groups excluding carboxylic acids is 1. The van der Waals surface area contributed by atoms with E-state index in [-0.39, 0.29) is 17.8 Å². The average molecular weight is 320 g/mol. The van der Waals surface area contributed by atoms with Gasteiger partial charge in [0.25, 0.3) is 0 Å². The van der Waals surface area contributed by atoms with E-state index >= 15 is 0 Å². The van der Waals surface area contributed by atoms with Crippen LogP contribution in [-0.2, 0) is 11.2 Å². The van der Waals surface area contributed by atoms with Crippen molar-refractivity contribution >= 4 is 11.9 Å². The quantitative estimate of drug-likeness (QED) is 0.639. The topological polar surface area (TPSA) is 56.7 Å². The van der Waals surface area contributed by atoms with Crippen molar-refractivity contribution < 1.29 is 9.18 Å². The van der Waals surface area contributed by atoms with Gasteiger partial charge in [-0.1, -0.05) is 19.1 Å². The molecular weight excluding hydrogens is 295 g/mol. The predicted molar refractivity (Wildman–Crippen MR) is 89.9 cm³/mol. The number of benzene rings is 1. The number of rotatable bonds is 5. The fourth-order valence-electron chi connectivity index (χ4n) is 2.73. The summed E-state index contributed by atoms with van der Waals surface area (Å²) in [6.07, 6.45) is 2.20. The molecule has 6 heteroatoms. The Morgan fingerprint density at radius 2 is 2.30 bits per heavy atom. The van der Waals surface area contributed by atoms with Crippen molar-refractivity contribution in [1.29, 1.82) is 0 Å². The average Bonchev–Trinajstić information content (AvgIpc) is 3.02. The molecule has 1 aromatic carbocycles. The molecule has 0 saturated carbocycles. The van der Waals surface area contributed by atoms with Gasteiger partial charge in [-0.3, -0.25) is 9.79 Å². The lowest BCUT2D eigenvalue weighted by Gasteiger charge is -2.18. The van der Waals surface area contributed by atoms with Gasteiger partial charge in [-0.25, -0.2) is 4.39 Å². The maximum atomic E-state index is 13.1. The SMILES string of the molecule is CCC(=O)N1CCC(NC(=NC)NCCc2cccc(F)c2)C1. The van der Waals surface area contributed by atoms with Gasteiger partial charge in [-0.15, -0.1) is 0 Å². The maximum absolute atomic E-state index is 13.1. The lowest BCUT2D eigenvalue weighted by molar-refractivity contribution is -0.129. The van der Waals surface area contributed by atoms with Gasteiger partial charge >= 0.3 is 0 Å². The van der Waals surface area contributed by atoms with Gasteiger partial charge in [0.1, 0.15) is 5.82 Å². The minimum atomic E-state index is -0.211. The first-order valence-electron chi connectivity index (χ1n) is 8.11. The molecule has 126 valence electrons. The summed E-state index contributed by atoms with van der Waals surface area (Å²) in [5.41, 5.74) is 0.952. The number of hydrogen-bond acceptors (Lipinski definition) is 2. The molecule has 0 aliphatic carbocycles. The van der Waals surface area contributed by atoms with E-state index in [1.165, 1.54) is 6.07 Å². The molecule has 1 fully saturated rings. The Balaban J connectivity index is 1.75.